The van der Waals surface area contributed by atoms with Crippen LogP contribution in [0.3, 0.4) is 0 Å². The molecule has 1 fully saturated rings. The highest BCUT2D eigenvalue weighted by Crippen LogP contribution is 2.28. The maximum absolute atomic E-state index is 13.1. The minimum atomic E-state index is 0.205. The van der Waals surface area contributed by atoms with Crippen LogP contribution in [0, 0.1) is 5.92 Å². The van der Waals surface area contributed by atoms with Crippen LogP contribution in [0.1, 0.15) is 57.6 Å². The number of nitrogens with one attached hydrogen (secondary N) is 1. The molecule has 1 saturated heterocycles. The Balaban J connectivity index is 2.17. The van der Waals surface area contributed by atoms with Gasteiger partial charge in [0.05, 0.1) is 6.04 Å². The number of carbonyl (C=O) groups is 1. The van der Waals surface area contributed by atoms with E-state index in [-0.39, 0.29) is 12.0 Å². The van der Waals surface area contributed by atoms with Crippen molar-refractivity contribution in [1.29, 1.82) is 0 Å². The summed E-state index contributed by atoms with van der Waals surface area (Å²) < 4.78 is 0. The summed E-state index contributed by atoms with van der Waals surface area (Å²) in [6, 6.07) is 10.7. The van der Waals surface area contributed by atoms with Gasteiger partial charge in [-0.05, 0) is 44.3 Å². The van der Waals surface area contributed by atoms with Crippen molar-refractivity contribution >= 4 is 5.91 Å². The second-order valence-electron chi connectivity index (χ2n) is 6.24. The number of hydrogen-bond acceptors (Lipinski definition) is 2. The molecule has 3 heteroatoms. The Kier molecular flexibility index (Phi) is 6.91. The molecular formula is C19H30N2O. The van der Waals surface area contributed by atoms with Crippen LogP contribution in [0.25, 0.3) is 0 Å². The van der Waals surface area contributed by atoms with Crippen LogP contribution in [-0.2, 0) is 4.79 Å². The molecule has 22 heavy (non-hydrogen) atoms. The lowest BCUT2D eigenvalue weighted by molar-refractivity contribution is -0.139. The van der Waals surface area contributed by atoms with E-state index in [1.54, 1.807) is 0 Å². The molecule has 1 aromatic carbocycles. The molecule has 0 aliphatic carbocycles. The van der Waals surface area contributed by atoms with Gasteiger partial charge in [0.15, 0.2) is 0 Å². The maximum atomic E-state index is 13.1. The molecule has 1 aliphatic rings. The molecule has 1 amide bonds. The fourth-order valence-corrected chi connectivity index (χ4v) is 3.36. The van der Waals surface area contributed by atoms with Crippen LogP contribution in [0.2, 0.25) is 0 Å². The highest BCUT2D eigenvalue weighted by atomic mass is 16.2. The van der Waals surface area contributed by atoms with Crippen LogP contribution in [0.15, 0.2) is 30.3 Å². The number of piperidine rings is 1. The van der Waals surface area contributed by atoms with Gasteiger partial charge in [0.2, 0.25) is 5.91 Å². The van der Waals surface area contributed by atoms with Crippen molar-refractivity contribution in [2.24, 2.45) is 5.92 Å². The molecule has 0 radical (unpaired) electrons. The third-order valence-electron chi connectivity index (χ3n) is 4.67. The van der Waals surface area contributed by atoms with Gasteiger partial charge < -0.3 is 10.2 Å². The van der Waals surface area contributed by atoms with Gasteiger partial charge in [-0.15, -0.1) is 0 Å². The van der Waals surface area contributed by atoms with Crippen molar-refractivity contribution in [1.82, 2.24) is 10.2 Å². The molecule has 1 unspecified atom stereocenters. The van der Waals surface area contributed by atoms with Gasteiger partial charge in [-0.1, -0.05) is 50.6 Å². The summed E-state index contributed by atoms with van der Waals surface area (Å²) >= 11 is 0. The lowest BCUT2D eigenvalue weighted by Gasteiger charge is -2.35. The monoisotopic (exact) mass is 302 g/mol. The van der Waals surface area contributed by atoms with Crippen LogP contribution >= 0.6 is 0 Å². The van der Waals surface area contributed by atoms with E-state index in [0.29, 0.717) is 5.91 Å². The number of hydrogen-bond donors (Lipinski definition) is 1. The molecule has 1 N–H and O–H groups in total. The van der Waals surface area contributed by atoms with Crippen molar-refractivity contribution in [3.63, 3.8) is 0 Å². The number of benzene rings is 1. The van der Waals surface area contributed by atoms with E-state index in [4.69, 9.17) is 0 Å². The SMILES string of the molecule is CCCCN(C(=O)C1CCNCC1)C(CC)c1ccccc1. The van der Waals surface area contributed by atoms with Gasteiger partial charge >= 0.3 is 0 Å². The molecule has 1 aromatic rings. The average Bonchev–Trinajstić information content (AvgIpc) is 2.59. The molecule has 2 rings (SSSR count). The normalized spacial score (nSPS) is 17.2. The summed E-state index contributed by atoms with van der Waals surface area (Å²) in [5, 5.41) is 3.36. The number of amides is 1. The lowest BCUT2D eigenvalue weighted by Crippen LogP contribution is -2.43. The number of unbranched alkanes of at least 4 members (excludes halogenated alkanes) is 1. The predicted molar refractivity (Wildman–Crippen MR) is 91.7 cm³/mol. The van der Waals surface area contributed by atoms with Gasteiger partial charge in [0.1, 0.15) is 0 Å². The van der Waals surface area contributed by atoms with Gasteiger partial charge in [0.25, 0.3) is 0 Å². The van der Waals surface area contributed by atoms with Crippen molar-refractivity contribution in [3.8, 4) is 0 Å². The molecular weight excluding hydrogens is 272 g/mol. The molecule has 1 aliphatic heterocycles. The Morgan fingerprint density at radius 3 is 2.50 bits per heavy atom. The Morgan fingerprint density at radius 2 is 1.91 bits per heavy atom. The summed E-state index contributed by atoms with van der Waals surface area (Å²) in [6.07, 6.45) is 5.14. The van der Waals surface area contributed by atoms with Crippen LogP contribution in [-0.4, -0.2) is 30.4 Å². The third kappa shape index (κ3) is 4.33. The van der Waals surface area contributed by atoms with Crippen LogP contribution in [0.4, 0.5) is 0 Å². The molecule has 0 saturated carbocycles. The number of rotatable bonds is 7. The second kappa shape index (κ2) is 8.94. The fourth-order valence-electron chi connectivity index (χ4n) is 3.36. The van der Waals surface area contributed by atoms with Crippen LogP contribution < -0.4 is 5.32 Å². The highest BCUT2D eigenvalue weighted by Gasteiger charge is 2.30. The number of carbonyl (C=O) groups excluding carboxylic acids is 1. The Hall–Kier alpha value is -1.35. The van der Waals surface area contributed by atoms with E-state index in [9.17, 15) is 4.79 Å². The summed E-state index contributed by atoms with van der Waals surface area (Å²) in [5.74, 6) is 0.571. The summed E-state index contributed by atoms with van der Waals surface area (Å²) in [6.45, 7) is 7.20. The lowest BCUT2D eigenvalue weighted by atomic mass is 9.94. The molecule has 0 bridgehead atoms. The zero-order valence-electron chi connectivity index (χ0n) is 14.1. The first-order valence-electron chi connectivity index (χ1n) is 8.84. The molecule has 0 aromatic heterocycles. The molecule has 1 atom stereocenters. The molecule has 3 nitrogen and oxygen atoms in total. The Labute approximate surface area is 135 Å². The summed E-state index contributed by atoms with van der Waals surface area (Å²) in [5.41, 5.74) is 1.27. The predicted octanol–water partition coefficient (Wildman–Crippen LogP) is 3.77. The van der Waals surface area contributed by atoms with E-state index in [1.165, 1.54) is 5.56 Å². The van der Waals surface area contributed by atoms with Gasteiger partial charge in [-0.25, -0.2) is 0 Å². The Morgan fingerprint density at radius 1 is 1.23 bits per heavy atom. The zero-order chi connectivity index (χ0) is 15.8. The van der Waals surface area contributed by atoms with Crippen molar-refractivity contribution in [3.05, 3.63) is 35.9 Å². The smallest absolute Gasteiger partial charge is 0.226 e. The molecule has 1 heterocycles. The second-order valence-corrected chi connectivity index (χ2v) is 6.24. The summed E-state index contributed by atoms with van der Waals surface area (Å²) in [7, 11) is 0. The standard InChI is InChI=1S/C19H30N2O/c1-3-5-15-21(19(22)17-11-13-20-14-12-17)18(4-2)16-9-7-6-8-10-16/h6-10,17-18,20H,3-5,11-15H2,1-2H3. The van der Waals surface area contributed by atoms with Gasteiger partial charge in [-0.3, -0.25) is 4.79 Å². The topological polar surface area (TPSA) is 32.3 Å². The fraction of sp³-hybridized carbons (Fsp3) is 0.632. The van der Waals surface area contributed by atoms with Crippen molar-refractivity contribution in [2.75, 3.05) is 19.6 Å². The summed E-state index contributed by atoms with van der Waals surface area (Å²) in [4.78, 5) is 15.2. The number of nitrogens with zero attached hydrogens (tertiary/aromatic N) is 1. The minimum Gasteiger partial charge on any atom is -0.335 e. The van der Waals surface area contributed by atoms with Crippen molar-refractivity contribution < 1.29 is 4.79 Å². The first kappa shape index (κ1) is 17.0. The first-order chi connectivity index (χ1) is 10.8. The molecule has 122 valence electrons. The van der Waals surface area contributed by atoms with E-state index in [0.717, 1.165) is 51.7 Å². The first-order valence-corrected chi connectivity index (χ1v) is 8.84. The minimum absolute atomic E-state index is 0.205. The Bertz CT molecular complexity index is 440. The van der Waals surface area contributed by atoms with Gasteiger partial charge in [0, 0.05) is 12.5 Å². The largest absolute Gasteiger partial charge is 0.335 e. The van der Waals surface area contributed by atoms with E-state index in [2.05, 4.69) is 48.3 Å². The maximum Gasteiger partial charge on any atom is 0.226 e. The van der Waals surface area contributed by atoms with Gasteiger partial charge in [-0.2, -0.15) is 0 Å². The molecule has 0 spiro atoms. The van der Waals surface area contributed by atoms with Crippen LogP contribution in [0.5, 0.6) is 0 Å². The average molecular weight is 302 g/mol. The van der Waals surface area contributed by atoms with E-state index >= 15 is 0 Å². The third-order valence-corrected chi connectivity index (χ3v) is 4.67. The van der Waals surface area contributed by atoms with E-state index in [1.807, 2.05) is 6.07 Å². The zero-order valence-corrected chi connectivity index (χ0v) is 14.1. The highest BCUT2D eigenvalue weighted by molar-refractivity contribution is 5.79. The quantitative estimate of drug-likeness (QED) is 0.831. The van der Waals surface area contributed by atoms with Crippen molar-refractivity contribution in [2.45, 2.75) is 52.0 Å². The van der Waals surface area contributed by atoms with E-state index < -0.39 is 0 Å².